The predicted octanol–water partition coefficient (Wildman–Crippen LogP) is 4.62. The molecule has 0 saturated carbocycles. The minimum atomic E-state index is -0.152. The molecule has 0 amide bonds. The number of nitrogens with one attached hydrogen (secondary N) is 1. The van der Waals surface area contributed by atoms with Gasteiger partial charge >= 0.3 is 4.87 Å². The third-order valence-corrected chi connectivity index (χ3v) is 6.40. The van der Waals surface area contributed by atoms with Crippen LogP contribution in [-0.2, 0) is 17.6 Å². The molecule has 30 heavy (non-hydrogen) atoms. The average molecular weight is 429 g/mol. The van der Waals surface area contributed by atoms with Crippen molar-refractivity contribution in [1.29, 1.82) is 0 Å². The quantitative estimate of drug-likeness (QED) is 0.367. The van der Waals surface area contributed by atoms with Gasteiger partial charge in [0, 0.05) is 12.6 Å². The summed E-state index contributed by atoms with van der Waals surface area (Å²) < 4.78 is 6.58. The molecule has 0 fully saturated rings. The normalized spacial score (nSPS) is 13.5. The highest BCUT2D eigenvalue weighted by molar-refractivity contribution is 7.16. The summed E-state index contributed by atoms with van der Waals surface area (Å²) in [6.07, 6.45) is 5.96. The Kier molecular flexibility index (Phi) is 8.49. The molecule has 0 aliphatic rings. The number of hydrogen-bond donors (Lipinski definition) is 3. The van der Waals surface area contributed by atoms with E-state index in [9.17, 15) is 9.90 Å². The summed E-state index contributed by atoms with van der Waals surface area (Å²) in [4.78, 5) is 14.2. The lowest BCUT2D eigenvalue weighted by atomic mass is 9.93. The molecule has 2 unspecified atom stereocenters. The summed E-state index contributed by atoms with van der Waals surface area (Å²) in [6.45, 7) is 3.83. The summed E-state index contributed by atoms with van der Waals surface area (Å²) in [5, 5.41) is 9.92. The summed E-state index contributed by atoms with van der Waals surface area (Å²) in [5.41, 5.74) is 9.26. The number of hydrogen-bond acceptors (Lipinski definition) is 5. The fourth-order valence-electron chi connectivity index (χ4n) is 3.87. The van der Waals surface area contributed by atoms with E-state index in [0.717, 1.165) is 66.9 Å². The number of nitrogens with two attached hydrogens (primary N) is 1. The van der Waals surface area contributed by atoms with Crippen LogP contribution in [0.3, 0.4) is 0 Å². The number of benzene rings is 2. The lowest BCUT2D eigenvalue weighted by Gasteiger charge is -2.18. The van der Waals surface area contributed by atoms with E-state index in [1.165, 1.54) is 5.56 Å². The molecule has 0 bridgehead atoms. The smallest absolute Gasteiger partial charge is 0.305 e. The van der Waals surface area contributed by atoms with Crippen LogP contribution in [0.1, 0.15) is 43.7 Å². The molecular weight excluding hydrogens is 396 g/mol. The fraction of sp³-hybridized carbons (Fsp3) is 0.458. The molecule has 3 aromatic rings. The standard InChI is InChI=1S/C24H32N2O3S/c1-17(7-5-6-13-29-14-12-18-8-3-2-4-9-18)15-20(25)16-19-10-11-21(27)22-23(19)30-24(28)26-22/h2-4,8-11,17,20,27H,5-7,12-16,25H2,1H3,(H,26,28). The van der Waals surface area contributed by atoms with Gasteiger partial charge in [-0.05, 0) is 48.8 Å². The molecule has 5 nitrogen and oxygen atoms in total. The second-order valence-corrected chi connectivity index (χ2v) is 9.09. The van der Waals surface area contributed by atoms with Crippen molar-refractivity contribution in [1.82, 2.24) is 4.98 Å². The topological polar surface area (TPSA) is 88.3 Å². The Labute approximate surface area is 181 Å². The van der Waals surface area contributed by atoms with Crippen LogP contribution in [0.2, 0.25) is 0 Å². The summed E-state index contributed by atoms with van der Waals surface area (Å²) in [5.74, 6) is 0.655. The first-order valence-electron chi connectivity index (χ1n) is 10.7. The Balaban J connectivity index is 1.33. The van der Waals surface area contributed by atoms with Gasteiger partial charge in [-0.3, -0.25) is 4.79 Å². The van der Waals surface area contributed by atoms with Gasteiger partial charge in [0.05, 0.1) is 11.3 Å². The lowest BCUT2D eigenvalue weighted by Crippen LogP contribution is -2.25. The monoisotopic (exact) mass is 428 g/mol. The maximum atomic E-state index is 11.7. The molecule has 6 heteroatoms. The summed E-state index contributed by atoms with van der Waals surface area (Å²) >= 11 is 1.14. The van der Waals surface area contributed by atoms with Crippen molar-refractivity contribution in [3.63, 3.8) is 0 Å². The van der Waals surface area contributed by atoms with Crippen molar-refractivity contribution in [2.75, 3.05) is 13.2 Å². The number of aromatic nitrogens is 1. The zero-order chi connectivity index (χ0) is 21.3. The molecule has 0 spiro atoms. The highest BCUT2D eigenvalue weighted by Gasteiger charge is 2.14. The van der Waals surface area contributed by atoms with E-state index >= 15 is 0 Å². The number of rotatable bonds is 12. The Bertz CT molecular complexity index is 967. The van der Waals surface area contributed by atoms with Crippen LogP contribution in [0.5, 0.6) is 5.75 Å². The van der Waals surface area contributed by atoms with Gasteiger partial charge in [0.25, 0.3) is 0 Å². The van der Waals surface area contributed by atoms with Crippen LogP contribution >= 0.6 is 11.3 Å². The first kappa shape index (κ1) is 22.5. The first-order valence-corrected chi connectivity index (χ1v) is 11.6. The number of phenolic OH excluding ortho intramolecular Hbond substituents is 1. The highest BCUT2D eigenvalue weighted by Crippen LogP contribution is 2.29. The Morgan fingerprint density at radius 2 is 1.93 bits per heavy atom. The van der Waals surface area contributed by atoms with E-state index in [4.69, 9.17) is 10.5 Å². The average Bonchev–Trinajstić information content (AvgIpc) is 3.13. The fourth-order valence-corrected chi connectivity index (χ4v) is 4.75. The number of fused-ring (bicyclic) bond motifs is 1. The molecule has 0 radical (unpaired) electrons. The van der Waals surface area contributed by atoms with Crippen LogP contribution in [0.4, 0.5) is 0 Å². The van der Waals surface area contributed by atoms with Gasteiger partial charge in [0.2, 0.25) is 0 Å². The number of aromatic hydroxyl groups is 1. The molecule has 1 heterocycles. The number of ether oxygens (including phenoxy) is 1. The van der Waals surface area contributed by atoms with E-state index in [0.29, 0.717) is 17.9 Å². The van der Waals surface area contributed by atoms with Gasteiger partial charge in [-0.2, -0.15) is 0 Å². The second-order valence-electron chi connectivity index (χ2n) is 8.11. The van der Waals surface area contributed by atoms with E-state index in [2.05, 4.69) is 36.2 Å². The molecule has 2 atom stereocenters. The van der Waals surface area contributed by atoms with Gasteiger partial charge in [-0.15, -0.1) is 0 Å². The molecular formula is C24H32N2O3S. The van der Waals surface area contributed by atoms with Crippen LogP contribution in [-0.4, -0.2) is 29.3 Å². The first-order chi connectivity index (χ1) is 14.5. The van der Waals surface area contributed by atoms with E-state index < -0.39 is 0 Å². The third-order valence-electron chi connectivity index (χ3n) is 5.44. The zero-order valence-electron chi connectivity index (χ0n) is 17.6. The minimum Gasteiger partial charge on any atom is -0.506 e. The van der Waals surface area contributed by atoms with Crippen molar-refractivity contribution in [2.24, 2.45) is 11.7 Å². The lowest BCUT2D eigenvalue weighted by molar-refractivity contribution is 0.132. The van der Waals surface area contributed by atoms with E-state index in [1.807, 2.05) is 12.1 Å². The van der Waals surface area contributed by atoms with E-state index in [1.54, 1.807) is 6.07 Å². The number of aromatic amines is 1. The highest BCUT2D eigenvalue weighted by atomic mass is 32.1. The number of phenols is 1. The Hall–Kier alpha value is -2.15. The second kappa shape index (κ2) is 11.3. The summed E-state index contributed by atoms with van der Waals surface area (Å²) in [6, 6.07) is 14.0. The third kappa shape index (κ3) is 6.69. The van der Waals surface area contributed by atoms with Gasteiger partial charge < -0.3 is 20.6 Å². The summed E-state index contributed by atoms with van der Waals surface area (Å²) in [7, 11) is 0. The maximum absolute atomic E-state index is 11.7. The predicted molar refractivity (Wildman–Crippen MR) is 124 cm³/mol. The van der Waals surface area contributed by atoms with Crippen molar-refractivity contribution in [3.8, 4) is 5.75 Å². The van der Waals surface area contributed by atoms with Crippen molar-refractivity contribution >= 4 is 21.6 Å². The van der Waals surface area contributed by atoms with Gasteiger partial charge in [0.15, 0.2) is 0 Å². The molecule has 162 valence electrons. The van der Waals surface area contributed by atoms with Crippen LogP contribution in [0.15, 0.2) is 47.3 Å². The zero-order valence-corrected chi connectivity index (χ0v) is 18.4. The van der Waals surface area contributed by atoms with Gasteiger partial charge in [-0.1, -0.05) is 67.5 Å². The molecule has 2 aromatic carbocycles. The molecule has 0 saturated heterocycles. The van der Waals surface area contributed by atoms with Crippen LogP contribution < -0.4 is 10.6 Å². The molecule has 1 aromatic heterocycles. The van der Waals surface area contributed by atoms with Gasteiger partial charge in [0.1, 0.15) is 11.3 Å². The molecule has 0 aliphatic heterocycles. The SMILES string of the molecule is CC(CCCCOCCc1ccccc1)CC(N)Cc1ccc(O)c2[nH]c(=O)sc12. The molecule has 3 rings (SSSR count). The molecule has 4 N–H and O–H groups in total. The van der Waals surface area contributed by atoms with Crippen LogP contribution in [0, 0.1) is 5.92 Å². The number of unbranched alkanes of at least 4 members (excludes halogenated alkanes) is 1. The minimum absolute atomic E-state index is 0.0343. The van der Waals surface area contributed by atoms with Crippen molar-refractivity contribution < 1.29 is 9.84 Å². The Morgan fingerprint density at radius 3 is 2.73 bits per heavy atom. The largest absolute Gasteiger partial charge is 0.506 e. The number of H-pyrrole nitrogens is 1. The number of thiazole rings is 1. The van der Waals surface area contributed by atoms with E-state index in [-0.39, 0.29) is 16.7 Å². The van der Waals surface area contributed by atoms with Crippen LogP contribution in [0.25, 0.3) is 10.2 Å². The maximum Gasteiger partial charge on any atom is 0.305 e. The van der Waals surface area contributed by atoms with Crippen molar-refractivity contribution in [2.45, 2.75) is 51.5 Å². The molecule has 0 aliphatic carbocycles. The van der Waals surface area contributed by atoms with Gasteiger partial charge in [-0.25, -0.2) is 0 Å². The Morgan fingerprint density at radius 1 is 1.13 bits per heavy atom. The van der Waals surface area contributed by atoms with Crippen molar-refractivity contribution in [3.05, 3.63) is 63.3 Å².